The molecule has 0 radical (unpaired) electrons. The lowest BCUT2D eigenvalue weighted by molar-refractivity contribution is -0.123. The number of methoxy groups -OCH3 is 1. The number of carbonyl (C=O) groups is 3. The van der Waals surface area contributed by atoms with Gasteiger partial charge in [-0.15, -0.1) is 0 Å². The van der Waals surface area contributed by atoms with Gasteiger partial charge in [0.1, 0.15) is 18.1 Å². The lowest BCUT2D eigenvalue weighted by atomic mass is 10.1. The van der Waals surface area contributed by atoms with E-state index in [4.69, 9.17) is 9.47 Å². The molecule has 178 valence electrons. The number of imide groups is 1. The monoisotopic (exact) mass is 476 g/mol. The number of nitrogens with zero attached hydrogens (tertiary/aromatic N) is 1. The van der Waals surface area contributed by atoms with Crippen molar-refractivity contribution in [2.45, 2.75) is 13.2 Å². The fraction of sp³-hybridized carbons (Fsp3) is 0.115. The van der Waals surface area contributed by atoms with E-state index in [0.717, 1.165) is 4.90 Å². The summed E-state index contributed by atoms with van der Waals surface area (Å²) in [7, 11) is 1.47. The van der Waals surface area contributed by atoms with E-state index in [1.54, 1.807) is 30.3 Å². The zero-order valence-electron chi connectivity index (χ0n) is 18.7. The topological polar surface area (TPSA) is 105 Å². The molecule has 2 N–H and O–H groups in total. The molecule has 1 fully saturated rings. The standard InChI is InChI=1S/C26H21FN2O6/c1-34-22-7-3-5-18(23(22)35-15-17-4-2-6-19(12-17)25(31)32)13-21-24(30)29(26(33)28-21)14-16-8-10-20(27)11-9-16/h2-13H,14-15H2,1H3,(H,28,33)(H,31,32)/b21-13-. The second-order valence-corrected chi connectivity index (χ2v) is 7.68. The van der Waals surface area contributed by atoms with Crippen molar-refractivity contribution >= 4 is 24.0 Å². The predicted octanol–water partition coefficient (Wildman–Crippen LogP) is 4.20. The highest BCUT2D eigenvalue weighted by Crippen LogP contribution is 2.34. The lowest BCUT2D eigenvalue weighted by Crippen LogP contribution is -2.30. The molecule has 3 aromatic carbocycles. The fourth-order valence-electron chi connectivity index (χ4n) is 3.55. The van der Waals surface area contributed by atoms with Crippen molar-refractivity contribution in [1.29, 1.82) is 0 Å². The van der Waals surface area contributed by atoms with Crippen LogP contribution in [-0.4, -0.2) is 35.0 Å². The van der Waals surface area contributed by atoms with Crippen molar-refractivity contribution in [2.75, 3.05) is 7.11 Å². The van der Waals surface area contributed by atoms with Gasteiger partial charge in [0.25, 0.3) is 5.91 Å². The van der Waals surface area contributed by atoms with Crippen LogP contribution in [0.5, 0.6) is 11.5 Å². The first-order chi connectivity index (χ1) is 16.9. The smallest absolute Gasteiger partial charge is 0.335 e. The van der Waals surface area contributed by atoms with Crippen LogP contribution in [0.1, 0.15) is 27.0 Å². The number of carbonyl (C=O) groups excluding carboxylic acids is 2. The molecule has 0 bridgehead atoms. The molecular weight excluding hydrogens is 455 g/mol. The van der Waals surface area contributed by atoms with Crippen molar-refractivity contribution in [1.82, 2.24) is 10.2 Å². The normalized spacial score (nSPS) is 14.2. The summed E-state index contributed by atoms with van der Waals surface area (Å²) in [6, 6.07) is 16.4. The number of ether oxygens (including phenoxy) is 2. The number of halogens is 1. The van der Waals surface area contributed by atoms with E-state index in [1.165, 1.54) is 49.6 Å². The maximum atomic E-state index is 13.2. The molecule has 0 aliphatic carbocycles. The Kier molecular flexibility index (Phi) is 6.77. The summed E-state index contributed by atoms with van der Waals surface area (Å²) in [6.07, 6.45) is 1.48. The third-order valence-corrected chi connectivity index (χ3v) is 5.30. The Morgan fingerprint density at radius 2 is 1.80 bits per heavy atom. The number of hydrogen-bond acceptors (Lipinski definition) is 5. The van der Waals surface area contributed by atoms with Gasteiger partial charge in [-0.05, 0) is 47.5 Å². The highest BCUT2D eigenvalue weighted by Gasteiger charge is 2.33. The first-order valence-corrected chi connectivity index (χ1v) is 10.6. The second kappa shape index (κ2) is 10.1. The quantitative estimate of drug-likeness (QED) is 0.373. The summed E-state index contributed by atoms with van der Waals surface area (Å²) in [5, 5.41) is 11.8. The summed E-state index contributed by atoms with van der Waals surface area (Å²) < 4.78 is 24.5. The Morgan fingerprint density at radius 3 is 2.51 bits per heavy atom. The Morgan fingerprint density at radius 1 is 1.06 bits per heavy atom. The van der Waals surface area contributed by atoms with Gasteiger partial charge >= 0.3 is 12.0 Å². The van der Waals surface area contributed by atoms with Crippen LogP contribution in [0.25, 0.3) is 6.08 Å². The SMILES string of the molecule is COc1cccc(/C=C2\NC(=O)N(Cc3ccc(F)cc3)C2=O)c1OCc1cccc(C(=O)O)c1. The molecule has 3 amide bonds. The molecule has 1 heterocycles. The summed E-state index contributed by atoms with van der Waals surface area (Å²) in [4.78, 5) is 37.6. The molecule has 3 aromatic rings. The summed E-state index contributed by atoms with van der Waals surface area (Å²) in [5.41, 5.74) is 1.89. The van der Waals surface area contributed by atoms with Gasteiger partial charge in [0.15, 0.2) is 11.5 Å². The number of rotatable bonds is 8. The van der Waals surface area contributed by atoms with E-state index < -0.39 is 23.7 Å². The third-order valence-electron chi connectivity index (χ3n) is 5.30. The number of carboxylic acids is 1. The van der Waals surface area contributed by atoms with E-state index in [1.807, 2.05) is 0 Å². The Balaban J connectivity index is 1.58. The Bertz CT molecular complexity index is 1320. The molecular formula is C26H21FN2O6. The minimum atomic E-state index is -1.05. The van der Waals surface area contributed by atoms with E-state index in [-0.39, 0.29) is 24.4 Å². The second-order valence-electron chi connectivity index (χ2n) is 7.68. The van der Waals surface area contributed by atoms with Gasteiger partial charge in [0.05, 0.1) is 19.2 Å². The molecule has 8 nitrogen and oxygen atoms in total. The highest BCUT2D eigenvalue weighted by atomic mass is 19.1. The first kappa shape index (κ1) is 23.5. The summed E-state index contributed by atoms with van der Waals surface area (Å²) in [6.45, 7) is 0.0400. The van der Waals surface area contributed by atoms with Crippen LogP contribution in [0.3, 0.4) is 0 Å². The number of para-hydroxylation sites is 1. The number of hydrogen-bond donors (Lipinski definition) is 2. The average Bonchev–Trinajstić information content (AvgIpc) is 3.11. The number of urea groups is 1. The molecule has 0 atom stereocenters. The molecule has 35 heavy (non-hydrogen) atoms. The molecule has 1 saturated heterocycles. The minimum Gasteiger partial charge on any atom is -0.493 e. The fourth-order valence-corrected chi connectivity index (χ4v) is 3.55. The molecule has 0 spiro atoms. The Labute approximate surface area is 200 Å². The van der Waals surface area contributed by atoms with Crippen LogP contribution in [0.4, 0.5) is 9.18 Å². The van der Waals surface area contributed by atoms with Crippen molar-refractivity contribution in [3.05, 3.63) is 100 Å². The lowest BCUT2D eigenvalue weighted by Gasteiger charge is -2.14. The minimum absolute atomic E-state index is 0.0102. The summed E-state index contributed by atoms with van der Waals surface area (Å²) >= 11 is 0. The molecule has 0 saturated carbocycles. The van der Waals surface area contributed by atoms with Gasteiger partial charge in [-0.2, -0.15) is 0 Å². The molecule has 9 heteroatoms. The first-order valence-electron chi connectivity index (χ1n) is 10.6. The van der Waals surface area contributed by atoms with Crippen molar-refractivity contribution in [2.24, 2.45) is 0 Å². The highest BCUT2D eigenvalue weighted by molar-refractivity contribution is 6.14. The Hall–Kier alpha value is -4.66. The zero-order chi connectivity index (χ0) is 24.9. The van der Waals surface area contributed by atoms with Gasteiger partial charge in [-0.3, -0.25) is 9.69 Å². The predicted molar refractivity (Wildman–Crippen MR) is 124 cm³/mol. The van der Waals surface area contributed by atoms with Crippen LogP contribution in [-0.2, 0) is 17.9 Å². The zero-order valence-corrected chi connectivity index (χ0v) is 18.7. The van der Waals surface area contributed by atoms with Crippen molar-refractivity contribution < 1.29 is 33.4 Å². The number of amides is 3. The van der Waals surface area contributed by atoms with E-state index in [2.05, 4.69) is 5.32 Å². The third kappa shape index (κ3) is 5.30. The average molecular weight is 476 g/mol. The molecule has 1 aliphatic rings. The molecule has 4 rings (SSSR count). The largest absolute Gasteiger partial charge is 0.493 e. The molecule has 0 unspecified atom stereocenters. The number of benzene rings is 3. The van der Waals surface area contributed by atoms with Gasteiger partial charge in [-0.1, -0.05) is 36.4 Å². The maximum Gasteiger partial charge on any atom is 0.335 e. The number of carboxylic acid groups (broad SMARTS) is 1. The molecule has 0 aromatic heterocycles. The van der Waals surface area contributed by atoms with Crippen LogP contribution in [0, 0.1) is 5.82 Å². The summed E-state index contributed by atoms with van der Waals surface area (Å²) in [5.74, 6) is -1.28. The van der Waals surface area contributed by atoms with Crippen molar-refractivity contribution in [3.8, 4) is 11.5 Å². The van der Waals surface area contributed by atoms with Crippen molar-refractivity contribution in [3.63, 3.8) is 0 Å². The number of aromatic carboxylic acids is 1. The maximum absolute atomic E-state index is 13.2. The van der Waals surface area contributed by atoms with Crippen LogP contribution in [0.2, 0.25) is 0 Å². The molecule has 1 aliphatic heterocycles. The van der Waals surface area contributed by atoms with Gasteiger partial charge in [-0.25, -0.2) is 14.0 Å². The van der Waals surface area contributed by atoms with Gasteiger partial charge in [0.2, 0.25) is 0 Å². The van der Waals surface area contributed by atoms with Crippen LogP contribution >= 0.6 is 0 Å². The van der Waals surface area contributed by atoms with Crippen LogP contribution in [0.15, 0.2) is 72.4 Å². The van der Waals surface area contributed by atoms with E-state index in [9.17, 15) is 23.9 Å². The van der Waals surface area contributed by atoms with Gasteiger partial charge < -0.3 is 19.9 Å². The van der Waals surface area contributed by atoms with E-state index in [0.29, 0.717) is 28.2 Å². The number of nitrogens with one attached hydrogen (secondary N) is 1. The van der Waals surface area contributed by atoms with E-state index >= 15 is 0 Å². The van der Waals surface area contributed by atoms with Gasteiger partial charge in [0, 0.05) is 5.56 Å². The van der Waals surface area contributed by atoms with Crippen LogP contribution < -0.4 is 14.8 Å².